The maximum Gasteiger partial charge on any atom is 0.407 e. The zero-order valence-corrected chi connectivity index (χ0v) is 15.4. The Morgan fingerprint density at radius 1 is 1.19 bits per heavy atom. The number of carbonyl (C=O) groups is 1. The Bertz CT molecular complexity index is 786. The molecule has 0 radical (unpaired) electrons. The third-order valence-electron chi connectivity index (χ3n) is 5.57. The summed E-state index contributed by atoms with van der Waals surface area (Å²) in [6, 6.07) is 16.6. The lowest BCUT2D eigenvalue weighted by Gasteiger charge is -2.39. The Morgan fingerprint density at radius 2 is 1.96 bits per heavy atom. The second-order valence-electron chi connectivity index (χ2n) is 7.64. The summed E-state index contributed by atoms with van der Waals surface area (Å²) in [6.07, 6.45) is 2.19. The maximum atomic E-state index is 12.5. The summed E-state index contributed by atoms with van der Waals surface area (Å²) in [4.78, 5) is 12.5. The van der Waals surface area contributed by atoms with Gasteiger partial charge in [-0.2, -0.15) is 0 Å². The molecule has 3 atom stereocenters. The number of rotatable bonds is 4. The van der Waals surface area contributed by atoms with E-state index in [1.54, 1.807) is 0 Å². The maximum absolute atomic E-state index is 12.5. The Labute approximate surface area is 155 Å². The van der Waals surface area contributed by atoms with Gasteiger partial charge in [-0.05, 0) is 42.9 Å². The highest BCUT2D eigenvalue weighted by atomic mass is 16.5. The number of fused-ring (bicyclic) bond motifs is 1. The monoisotopic (exact) mass is 350 g/mol. The lowest BCUT2D eigenvalue weighted by Crippen LogP contribution is -2.45. The molecule has 2 aromatic rings. The van der Waals surface area contributed by atoms with Crippen LogP contribution < -0.4 is 10.6 Å². The van der Waals surface area contributed by atoms with E-state index in [2.05, 4.69) is 42.7 Å². The number of carbonyl (C=O) groups excluding carboxylic acids is 1. The standard InChI is InChI=1S/C22H26N2O2/c1-14-8-11-19-18(12-14)21(15(2)20(23-19)17-9-10-17)24-22(25)26-13-16-6-4-3-5-7-16/h3-8,11-12,15,17,20-21,23H,9-10,13H2,1-2H3,(H,24,25)/t15-,20+,21+/m0/s1. The number of nitrogens with one attached hydrogen (secondary N) is 2. The van der Waals surface area contributed by atoms with Gasteiger partial charge in [-0.3, -0.25) is 0 Å². The highest BCUT2D eigenvalue weighted by Gasteiger charge is 2.42. The topological polar surface area (TPSA) is 50.4 Å². The zero-order valence-electron chi connectivity index (χ0n) is 15.4. The van der Waals surface area contributed by atoms with E-state index in [-0.39, 0.29) is 12.1 Å². The fraction of sp³-hybridized carbons (Fsp3) is 0.409. The van der Waals surface area contributed by atoms with Gasteiger partial charge in [0.25, 0.3) is 0 Å². The van der Waals surface area contributed by atoms with Crippen LogP contribution in [0, 0.1) is 18.8 Å². The molecular weight excluding hydrogens is 324 g/mol. The molecule has 1 heterocycles. The Balaban J connectivity index is 1.50. The normalized spacial score (nSPS) is 24.3. The van der Waals surface area contributed by atoms with Crippen molar-refractivity contribution in [1.29, 1.82) is 0 Å². The molecule has 4 nitrogen and oxygen atoms in total. The Morgan fingerprint density at radius 3 is 2.69 bits per heavy atom. The molecule has 1 aliphatic carbocycles. The molecule has 1 aliphatic heterocycles. The molecule has 0 bridgehead atoms. The van der Waals surface area contributed by atoms with Crippen LogP contribution in [0.25, 0.3) is 0 Å². The summed E-state index contributed by atoms with van der Waals surface area (Å²) >= 11 is 0. The van der Waals surface area contributed by atoms with Crippen molar-refractivity contribution in [3.05, 3.63) is 65.2 Å². The van der Waals surface area contributed by atoms with Gasteiger partial charge in [0.05, 0.1) is 6.04 Å². The van der Waals surface area contributed by atoms with Crippen LogP contribution >= 0.6 is 0 Å². The molecule has 4 rings (SSSR count). The van der Waals surface area contributed by atoms with Crippen molar-refractivity contribution < 1.29 is 9.53 Å². The first-order valence-corrected chi connectivity index (χ1v) is 9.46. The van der Waals surface area contributed by atoms with Crippen molar-refractivity contribution >= 4 is 11.8 Å². The molecule has 1 saturated carbocycles. The van der Waals surface area contributed by atoms with Crippen LogP contribution in [-0.4, -0.2) is 12.1 Å². The lowest BCUT2D eigenvalue weighted by molar-refractivity contribution is 0.130. The van der Waals surface area contributed by atoms with E-state index in [0.717, 1.165) is 16.8 Å². The molecule has 2 aliphatic rings. The quantitative estimate of drug-likeness (QED) is 0.832. The summed E-state index contributed by atoms with van der Waals surface area (Å²) in [5.41, 5.74) is 4.49. The van der Waals surface area contributed by atoms with Gasteiger partial charge < -0.3 is 15.4 Å². The van der Waals surface area contributed by atoms with Crippen LogP contribution in [0.1, 0.15) is 42.5 Å². The van der Waals surface area contributed by atoms with Crippen molar-refractivity contribution in [2.24, 2.45) is 11.8 Å². The van der Waals surface area contributed by atoms with Gasteiger partial charge in [-0.15, -0.1) is 0 Å². The molecule has 1 amide bonds. The van der Waals surface area contributed by atoms with Gasteiger partial charge in [0.15, 0.2) is 0 Å². The predicted molar refractivity (Wildman–Crippen MR) is 103 cm³/mol. The van der Waals surface area contributed by atoms with Gasteiger partial charge in [-0.1, -0.05) is 55.0 Å². The van der Waals surface area contributed by atoms with Crippen LogP contribution in [0.3, 0.4) is 0 Å². The number of amides is 1. The predicted octanol–water partition coefficient (Wildman–Crippen LogP) is 4.80. The fourth-order valence-corrected chi connectivity index (χ4v) is 3.98. The lowest BCUT2D eigenvalue weighted by atomic mass is 9.81. The van der Waals surface area contributed by atoms with Crippen LogP contribution in [0.5, 0.6) is 0 Å². The minimum absolute atomic E-state index is 0.0278. The second-order valence-corrected chi connectivity index (χ2v) is 7.64. The number of ether oxygens (including phenoxy) is 1. The van der Waals surface area contributed by atoms with E-state index >= 15 is 0 Å². The van der Waals surface area contributed by atoms with Gasteiger partial charge in [0.2, 0.25) is 0 Å². The zero-order chi connectivity index (χ0) is 18.1. The Hall–Kier alpha value is -2.49. The number of alkyl carbamates (subject to hydrolysis) is 1. The molecule has 0 saturated heterocycles. The second kappa shape index (κ2) is 7.02. The van der Waals surface area contributed by atoms with Gasteiger partial charge >= 0.3 is 6.09 Å². The number of anilines is 1. The third kappa shape index (κ3) is 3.55. The average Bonchev–Trinajstić information content (AvgIpc) is 3.48. The molecule has 2 N–H and O–H groups in total. The molecule has 26 heavy (non-hydrogen) atoms. The molecule has 1 fully saturated rings. The molecule has 0 aromatic heterocycles. The van der Waals surface area contributed by atoms with E-state index in [4.69, 9.17) is 4.74 Å². The van der Waals surface area contributed by atoms with E-state index in [1.165, 1.54) is 18.4 Å². The third-order valence-corrected chi connectivity index (χ3v) is 5.57. The number of benzene rings is 2. The van der Waals surface area contributed by atoms with Crippen molar-refractivity contribution in [3.63, 3.8) is 0 Å². The highest BCUT2D eigenvalue weighted by Crippen LogP contribution is 2.45. The summed E-state index contributed by atoms with van der Waals surface area (Å²) < 4.78 is 5.47. The van der Waals surface area contributed by atoms with Crippen LogP contribution in [0.4, 0.5) is 10.5 Å². The van der Waals surface area contributed by atoms with Crippen LogP contribution in [0.15, 0.2) is 48.5 Å². The van der Waals surface area contributed by atoms with Crippen molar-refractivity contribution in [1.82, 2.24) is 5.32 Å². The number of hydrogen-bond acceptors (Lipinski definition) is 3. The van der Waals surface area contributed by atoms with Gasteiger partial charge in [-0.25, -0.2) is 4.79 Å². The minimum Gasteiger partial charge on any atom is -0.445 e. The van der Waals surface area contributed by atoms with E-state index in [0.29, 0.717) is 24.5 Å². The molecule has 136 valence electrons. The number of hydrogen-bond donors (Lipinski definition) is 2. The molecular formula is C22H26N2O2. The molecule has 0 unspecified atom stereocenters. The largest absolute Gasteiger partial charge is 0.445 e. The van der Waals surface area contributed by atoms with Crippen LogP contribution in [-0.2, 0) is 11.3 Å². The first kappa shape index (κ1) is 17.0. The molecule has 4 heteroatoms. The minimum atomic E-state index is -0.352. The van der Waals surface area contributed by atoms with Crippen molar-refractivity contribution in [3.8, 4) is 0 Å². The first-order chi connectivity index (χ1) is 12.6. The van der Waals surface area contributed by atoms with Crippen molar-refractivity contribution in [2.75, 3.05) is 5.32 Å². The van der Waals surface area contributed by atoms with E-state index in [1.807, 2.05) is 30.3 Å². The Kier molecular flexibility index (Phi) is 4.58. The van der Waals surface area contributed by atoms with Gasteiger partial charge in [0, 0.05) is 17.6 Å². The highest BCUT2D eigenvalue weighted by molar-refractivity contribution is 5.69. The summed E-state index contributed by atoms with van der Waals surface area (Å²) in [5, 5.41) is 6.84. The van der Waals surface area contributed by atoms with E-state index < -0.39 is 0 Å². The van der Waals surface area contributed by atoms with Crippen LogP contribution in [0.2, 0.25) is 0 Å². The smallest absolute Gasteiger partial charge is 0.407 e. The summed E-state index contributed by atoms with van der Waals surface area (Å²) in [7, 11) is 0. The van der Waals surface area contributed by atoms with E-state index in [9.17, 15) is 4.79 Å². The molecule has 0 spiro atoms. The summed E-state index contributed by atoms with van der Waals surface area (Å²) in [5.74, 6) is 1.03. The van der Waals surface area contributed by atoms with Crippen molar-refractivity contribution in [2.45, 2.75) is 45.4 Å². The fourth-order valence-electron chi connectivity index (χ4n) is 3.98. The first-order valence-electron chi connectivity index (χ1n) is 9.46. The average molecular weight is 350 g/mol. The number of aryl methyl sites for hydroxylation is 1. The van der Waals surface area contributed by atoms with Gasteiger partial charge in [0.1, 0.15) is 6.61 Å². The molecule has 2 aromatic carbocycles. The SMILES string of the molecule is Cc1ccc2c(c1)[C@H](NC(=O)OCc1ccccc1)[C@@H](C)[C@H](C1CC1)N2. The summed E-state index contributed by atoms with van der Waals surface area (Å²) in [6.45, 7) is 4.60.